The van der Waals surface area contributed by atoms with Crippen molar-refractivity contribution < 1.29 is 8.81 Å². The molecule has 1 aliphatic carbocycles. The van der Waals surface area contributed by atoms with Crippen LogP contribution in [0, 0.1) is 5.82 Å². The summed E-state index contributed by atoms with van der Waals surface area (Å²) in [4.78, 5) is 6.91. The molecule has 2 fully saturated rings. The standard InChI is InChI=1S/C20H22FN5OS/c21-15-6-4-14(5-7-15)18-22-16(12-27-18)13-28-20-24-23-19(26(20)17-8-9-17)25-10-2-1-3-11-25/h4-7,12,17H,1-3,8-11,13H2. The third kappa shape index (κ3) is 3.65. The van der Waals surface area contributed by atoms with Crippen molar-refractivity contribution in [2.75, 3.05) is 18.0 Å². The number of aromatic nitrogens is 4. The van der Waals surface area contributed by atoms with Gasteiger partial charge in [0.2, 0.25) is 11.8 Å². The summed E-state index contributed by atoms with van der Waals surface area (Å²) in [5, 5.41) is 9.94. The lowest BCUT2D eigenvalue weighted by molar-refractivity contribution is 0.548. The second kappa shape index (κ2) is 7.58. The van der Waals surface area contributed by atoms with Gasteiger partial charge in [0.15, 0.2) is 5.16 Å². The summed E-state index contributed by atoms with van der Waals surface area (Å²) >= 11 is 1.64. The Kier molecular flexibility index (Phi) is 4.80. The Morgan fingerprint density at radius 1 is 1.07 bits per heavy atom. The van der Waals surface area contributed by atoms with Crippen molar-refractivity contribution in [2.24, 2.45) is 0 Å². The molecule has 2 aliphatic rings. The van der Waals surface area contributed by atoms with E-state index in [4.69, 9.17) is 4.42 Å². The van der Waals surface area contributed by atoms with Crippen molar-refractivity contribution in [3.63, 3.8) is 0 Å². The van der Waals surface area contributed by atoms with E-state index in [1.165, 1.54) is 44.2 Å². The Morgan fingerprint density at radius 3 is 2.61 bits per heavy atom. The highest BCUT2D eigenvalue weighted by Gasteiger charge is 2.32. The fourth-order valence-corrected chi connectivity index (χ4v) is 4.44. The van der Waals surface area contributed by atoms with Crippen LogP contribution in [0.5, 0.6) is 0 Å². The van der Waals surface area contributed by atoms with Gasteiger partial charge in [-0.1, -0.05) is 11.8 Å². The molecular formula is C20H22FN5OS. The third-order valence-electron chi connectivity index (χ3n) is 5.19. The predicted octanol–water partition coefficient (Wildman–Crippen LogP) is 4.69. The van der Waals surface area contributed by atoms with Crippen LogP contribution in [-0.2, 0) is 5.75 Å². The van der Waals surface area contributed by atoms with Crippen molar-refractivity contribution in [1.29, 1.82) is 0 Å². The summed E-state index contributed by atoms with van der Waals surface area (Å²) in [6, 6.07) is 6.70. The van der Waals surface area contributed by atoms with Gasteiger partial charge in [0.1, 0.15) is 12.1 Å². The van der Waals surface area contributed by atoms with Crippen LogP contribution in [0.4, 0.5) is 10.3 Å². The van der Waals surface area contributed by atoms with Gasteiger partial charge in [0.25, 0.3) is 0 Å². The Morgan fingerprint density at radius 2 is 1.86 bits per heavy atom. The van der Waals surface area contributed by atoms with Gasteiger partial charge >= 0.3 is 0 Å². The van der Waals surface area contributed by atoms with Crippen LogP contribution in [0.1, 0.15) is 43.8 Å². The van der Waals surface area contributed by atoms with E-state index in [0.717, 1.165) is 35.5 Å². The molecule has 0 unspecified atom stereocenters. The number of oxazole rings is 1. The van der Waals surface area contributed by atoms with Gasteiger partial charge < -0.3 is 9.32 Å². The zero-order chi connectivity index (χ0) is 18.9. The lowest BCUT2D eigenvalue weighted by Gasteiger charge is -2.27. The minimum Gasteiger partial charge on any atom is -0.444 e. The molecule has 0 spiro atoms. The van der Waals surface area contributed by atoms with Gasteiger partial charge in [-0.3, -0.25) is 4.57 Å². The molecule has 1 aromatic carbocycles. The van der Waals surface area contributed by atoms with E-state index in [-0.39, 0.29) is 5.82 Å². The zero-order valence-corrected chi connectivity index (χ0v) is 16.4. The molecule has 28 heavy (non-hydrogen) atoms. The fraction of sp³-hybridized carbons (Fsp3) is 0.450. The highest BCUT2D eigenvalue weighted by molar-refractivity contribution is 7.98. The molecule has 1 saturated heterocycles. The first-order valence-electron chi connectivity index (χ1n) is 9.81. The first-order chi connectivity index (χ1) is 13.8. The molecule has 0 radical (unpaired) electrons. The first-order valence-corrected chi connectivity index (χ1v) is 10.8. The van der Waals surface area contributed by atoms with E-state index < -0.39 is 0 Å². The predicted molar refractivity (Wildman–Crippen MR) is 106 cm³/mol. The summed E-state index contributed by atoms with van der Waals surface area (Å²) in [6.45, 7) is 2.14. The van der Waals surface area contributed by atoms with Crippen LogP contribution >= 0.6 is 11.8 Å². The van der Waals surface area contributed by atoms with Crippen LogP contribution in [0.3, 0.4) is 0 Å². The van der Waals surface area contributed by atoms with Gasteiger partial charge in [0, 0.05) is 30.4 Å². The first kappa shape index (κ1) is 17.7. The Balaban J connectivity index is 1.30. The van der Waals surface area contributed by atoms with Crippen molar-refractivity contribution in [3.8, 4) is 11.5 Å². The number of nitrogens with zero attached hydrogens (tertiary/aromatic N) is 5. The Hall–Kier alpha value is -2.35. The van der Waals surface area contributed by atoms with Gasteiger partial charge in [-0.15, -0.1) is 10.2 Å². The molecule has 1 saturated carbocycles. The van der Waals surface area contributed by atoms with Gasteiger partial charge in [0.05, 0.1) is 5.69 Å². The second-order valence-corrected chi connectivity index (χ2v) is 8.31. The molecule has 5 rings (SSSR count). The fourth-order valence-electron chi connectivity index (χ4n) is 3.57. The molecule has 6 nitrogen and oxygen atoms in total. The van der Waals surface area contributed by atoms with Gasteiger partial charge in [-0.2, -0.15) is 0 Å². The molecule has 3 aromatic rings. The molecule has 0 amide bonds. The van der Waals surface area contributed by atoms with Crippen LogP contribution in [0.2, 0.25) is 0 Å². The van der Waals surface area contributed by atoms with Gasteiger partial charge in [-0.05, 0) is 56.4 Å². The van der Waals surface area contributed by atoms with Crippen molar-refractivity contribution in [3.05, 3.63) is 42.0 Å². The molecule has 0 N–H and O–H groups in total. The number of rotatable bonds is 6. The van der Waals surface area contributed by atoms with Crippen molar-refractivity contribution >= 4 is 17.7 Å². The van der Waals surface area contributed by atoms with Crippen LogP contribution < -0.4 is 4.90 Å². The topological polar surface area (TPSA) is 60.0 Å². The van der Waals surface area contributed by atoms with E-state index >= 15 is 0 Å². The van der Waals surface area contributed by atoms with Crippen molar-refractivity contribution in [2.45, 2.75) is 49.1 Å². The van der Waals surface area contributed by atoms with E-state index in [9.17, 15) is 4.39 Å². The summed E-state index contributed by atoms with van der Waals surface area (Å²) < 4.78 is 21.0. The highest BCUT2D eigenvalue weighted by Crippen LogP contribution is 2.41. The summed E-state index contributed by atoms with van der Waals surface area (Å²) in [6.07, 6.45) is 7.82. The minimum absolute atomic E-state index is 0.269. The van der Waals surface area contributed by atoms with Crippen molar-refractivity contribution in [1.82, 2.24) is 19.7 Å². The molecule has 1 aliphatic heterocycles. The lowest BCUT2D eigenvalue weighted by atomic mass is 10.1. The maximum absolute atomic E-state index is 13.1. The molecule has 2 aromatic heterocycles. The van der Waals surface area contributed by atoms with E-state index in [1.54, 1.807) is 30.2 Å². The van der Waals surface area contributed by atoms with E-state index in [0.29, 0.717) is 17.7 Å². The Bertz CT molecular complexity index is 944. The summed E-state index contributed by atoms with van der Waals surface area (Å²) in [5.74, 6) is 1.93. The molecule has 8 heteroatoms. The normalized spacial score (nSPS) is 17.2. The number of hydrogen-bond acceptors (Lipinski definition) is 6. The number of hydrogen-bond donors (Lipinski definition) is 0. The lowest BCUT2D eigenvalue weighted by Crippen LogP contribution is -2.31. The molecule has 3 heterocycles. The average molecular weight is 399 g/mol. The van der Waals surface area contributed by atoms with Crippen LogP contribution in [0.25, 0.3) is 11.5 Å². The second-order valence-electron chi connectivity index (χ2n) is 7.37. The third-order valence-corrected chi connectivity index (χ3v) is 6.17. The SMILES string of the molecule is Fc1ccc(-c2nc(CSc3nnc(N4CCCCC4)n3C3CC3)co2)cc1. The minimum atomic E-state index is -0.269. The Labute approximate surface area is 167 Å². The maximum Gasteiger partial charge on any atom is 0.228 e. The smallest absolute Gasteiger partial charge is 0.228 e. The number of piperidine rings is 1. The van der Waals surface area contributed by atoms with E-state index in [2.05, 4.69) is 24.6 Å². The zero-order valence-electron chi connectivity index (χ0n) is 15.6. The quantitative estimate of drug-likeness (QED) is 0.561. The van der Waals surface area contributed by atoms with E-state index in [1.807, 2.05) is 0 Å². The molecule has 0 bridgehead atoms. The van der Waals surface area contributed by atoms with Gasteiger partial charge in [-0.25, -0.2) is 9.37 Å². The number of benzene rings is 1. The number of thioether (sulfide) groups is 1. The average Bonchev–Trinajstić information content (AvgIpc) is 3.30. The number of anilines is 1. The highest BCUT2D eigenvalue weighted by atomic mass is 32.2. The van der Waals surface area contributed by atoms with Crippen LogP contribution in [-0.4, -0.2) is 32.8 Å². The molecule has 146 valence electrons. The summed E-state index contributed by atoms with van der Waals surface area (Å²) in [7, 11) is 0. The monoisotopic (exact) mass is 399 g/mol. The number of halogens is 1. The largest absolute Gasteiger partial charge is 0.444 e. The van der Waals surface area contributed by atoms with Crippen LogP contribution in [0.15, 0.2) is 40.1 Å². The molecular weight excluding hydrogens is 377 g/mol. The maximum atomic E-state index is 13.1. The summed E-state index contributed by atoms with van der Waals surface area (Å²) in [5.41, 5.74) is 1.61. The molecule has 0 atom stereocenters.